The smallest absolute Gasteiger partial charge is 0.307 e. The van der Waals surface area contributed by atoms with Crippen molar-refractivity contribution < 1.29 is 18.7 Å². The number of rotatable bonds is 5. The molecule has 0 bridgehead atoms. The first-order chi connectivity index (χ1) is 8.95. The van der Waals surface area contributed by atoms with Crippen LogP contribution in [0.5, 0.6) is 0 Å². The molecule has 104 valence electrons. The number of benzene rings is 1. The Morgan fingerprint density at radius 1 is 1.42 bits per heavy atom. The van der Waals surface area contributed by atoms with Gasteiger partial charge in [0.1, 0.15) is 5.82 Å². The van der Waals surface area contributed by atoms with E-state index in [0.717, 1.165) is 0 Å². The Bertz CT molecular complexity index is 479. The summed E-state index contributed by atoms with van der Waals surface area (Å²) in [6, 6.07) is 4.15. The highest BCUT2D eigenvalue weighted by atomic mass is 79.9. The topological polar surface area (TPSA) is 46.6 Å². The van der Waals surface area contributed by atoms with Gasteiger partial charge in [-0.3, -0.25) is 9.59 Å². The molecule has 0 N–H and O–H groups in total. The zero-order chi connectivity index (χ0) is 14.4. The number of hydrogen-bond donors (Lipinski definition) is 0. The Morgan fingerprint density at radius 3 is 2.74 bits per heavy atom. The molecule has 0 saturated heterocycles. The molecule has 0 unspecified atom stereocenters. The van der Waals surface area contributed by atoms with Crippen molar-refractivity contribution in [2.75, 3.05) is 20.2 Å². The second-order valence-corrected chi connectivity index (χ2v) is 4.82. The van der Waals surface area contributed by atoms with Gasteiger partial charge in [-0.2, -0.15) is 0 Å². The third-order valence-electron chi connectivity index (χ3n) is 2.46. The van der Waals surface area contributed by atoms with Gasteiger partial charge in [-0.1, -0.05) is 15.9 Å². The number of nitrogens with zero attached hydrogens (tertiary/aromatic N) is 1. The zero-order valence-corrected chi connectivity index (χ0v) is 12.4. The predicted molar refractivity (Wildman–Crippen MR) is 72.3 cm³/mol. The molecular formula is C13H15BrFNO3. The van der Waals surface area contributed by atoms with Gasteiger partial charge < -0.3 is 9.64 Å². The summed E-state index contributed by atoms with van der Waals surface area (Å²) >= 11 is 3.18. The third kappa shape index (κ3) is 4.63. The summed E-state index contributed by atoms with van der Waals surface area (Å²) in [4.78, 5) is 24.5. The summed E-state index contributed by atoms with van der Waals surface area (Å²) in [7, 11) is 1.52. The normalized spacial score (nSPS) is 10.1. The van der Waals surface area contributed by atoms with Crippen molar-refractivity contribution in [1.29, 1.82) is 0 Å². The minimum Gasteiger partial charge on any atom is -0.466 e. The van der Waals surface area contributed by atoms with Crippen LogP contribution in [0.4, 0.5) is 4.39 Å². The Kier molecular flexibility index (Phi) is 5.95. The molecule has 0 radical (unpaired) electrons. The SMILES string of the molecule is CCOC(=O)CCN(C)C(=O)c1cc(Br)ccc1F. The molecule has 0 spiro atoms. The number of ether oxygens (including phenoxy) is 1. The minimum atomic E-state index is -0.587. The molecule has 0 fully saturated rings. The average molecular weight is 332 g/mol. The van der Waals surface area contributed by atoms with E-state index in [0.29, 0.717) is 11.1 Å². The van der Waals surface area contributed by atoms with Crippen molar-refractivity contribution in [3.8, 4) is 0 Å². The summed E-state index contributed by atoms with van der Waals surface area (Å²) in [5.41, 5.74) is -0.0271. The Morgan fingerprint density at radius 2 is 2.11 bits per heavy atom. The molecule has 0 heterocycles. The van der Waals surface area contributed by atoms with E-state index in [2.05, 4.69) is 15.9 Å². The molecule has 6 heteroatoms. The van der Waals surface area contributed by atoms with E-state index >= 15 is 0 Å². The lowest BCUT2D eigenvalue weighted by atomic mass is 10.2. The van der Waals surface area contributed by atoms with Crippen LogP contribution in [0.15, 0.2) is 22.7 Å². The molecule has 0 atom stereocenters. The molecule has 4 nitrogen and oxygen atoms in total. The average Bonchev–Trinajstić information content (AvgIpc) is 2.38. The molecule has 0 aliphatic rings. The largest absolute Gasteiger partial charge is 0.466 e. The second-order valence-electron chi connectivity index (χ2n) is 3.91. The first-order valence-electron chi connectivity index (χ1n) is 5.81. The van der Waals surface area contributed by atoms with Gasteiger partial charge in [-0.15, -0.1) is 0 Å². The zero-order valence-electron chi connectivity index (χ0n) is 10.8. The van der Waals surface area contributed by atoms with Crippen molar-refractivity contribution in [1.82, 2.24) is 4.90 Å². The molecule has 0 aliphatic carbocycles. The number of amides is 1. The number of carbonyl (C=O) groups excluding carboxylic acids is 2. The second kappa shape index (κ2) is 7.23. The van der Waals surface area contributed by atoms with E-state index in [1.165, 1.54) is 30.1 Å². The van der Waals surface area contributed by atoms with Gasteiger partial charge >= 0.3 is 5.97 Å². The van der Waals surface area contributed by atoms with Crippen LogP contribution in [-0.4, -0.2) is 37.0 Å². The number of halogens is 2. The lowest BCUT2D eigenvalue weighted by molar-refractivity contribution is -0.143. The Labute approximate surface area is 119 Å². The van der Waals surface area contributed by atoms with E-state index in [9.17, 15) is 14.0 Å². The number of carbonyl (C=O) groups is 2. The Hall–Kier alpha value is -1.43. The van der Waals surface area contributed by atoms with Gasteiger partial charge in [0.15, 0.2) is 0 Å². The van der Waals surface area contributed by atoms with Crippen LogP contribution in [0.3, 0.4) is 0 Å². The summed E-state index contributed by atoms with van der Waals surface area (Å²) in [5, 5.41) is 0. The highest BCUT2D eigenvalue weighted by Crippen LogP contribution is 2.17. The highest BCUT2D eigenvalue weighted by Gasteiger charge is 2.17. The van der Waals surface area contributed by atoms with Gasteiger partial charge in [0, 0.05) is 18.1 Å². The fraction of sp³-hybridized carbons (Fsp3) is 0.385. The first kappa shape index (κ1) is 15.6. The van der Waals surface area contributed by atoms with Crippen molar-refractivity contribution in [3.63, 3.8) is 0 Å². The molecule has 1 aromatic rings. The van der Waals surface area contributed by atoms with E-state index < -0.39 is 11.7 Å². The van der Waals surface area contributed by atoms with E-state index in [1.54, 1.807) is 6.92 Å². The monoisotopic (exact) mass is 331 g/mol. The van der Waals surface area contributed by atoms with Crippen molar-refractivity contribution in [3.05, 3.63) is 34.1 Å². The van der Waals surface area contributed by atoms with E-state index in [-0.39, 0.29) is 24.5 Å². The van der Waals surface area contributed by atoms with E-state index in [1.807, 2.05) is 0 Å². The maximum absolute atomic E-state index is 13.5. The van der Waals surface area contributed by atoms with E-state index in [4.69, 9.17) is 4.74 Å². The van der Waals surface area contributed by atoms with Gasteiger partial charge in [-0.25, -0.2) is 4.39 Å². The molecule has 1 rings (SSSR count). The molecule has 0 aromatic heterocycles. The molecule has 19 heavy (non-hydrogen) atoms. The van der Waals surface area contributed by atoms with Crippen molar-refractivity contribution >= 4 is 27.8 Å². The lowest BCUT2D eigenvalue weighted by Crippen LogP contribution is -2.30. The van der Waals surface area contributed by atoms with Crippen molar-refractivity contribution in [2.24, 2.45) is 0 Å². The summed E-state index contributed by atoms with van der Waals surface area (Å²) in [6.07, 6.45) is 0.0890. The summed E-state index contributed by atoms with van der Waals surface area (Å²) in [5.74, 6) is -1.43. The van der Waals surface area contributed by atoms with Gasteiger partial charge in [0.2, 0.25) is 0 Å². The lowest BCUT2D eigenvalue weighted by Gasteiger charge is -2.17. The van der Waals surface area contributed by atoms with Gasteiger partial charge in [0.05, 0.1) is 18.6 Å². The maximum atomic E-state index is 13.5. The van der Waals surface area contributed by atoms with Crippen molar-refractivity contribution in [2.45, 2.75) is 13.3 Å². The number of hydrogen-bond acceptors (Lipinski definition) is 3. The standard InChI is InChI=1S/C13H15BrFNO3/c1-3-19-12(17)6-7-16(2)13(18)10-8-9(14)4-5-11(10)15/h4-5,8H,3,6-7H2,1-2H3. The summed E-state index contributed by atoms with van der Waals surface area (Å²) < 4.78 is 18.9. The quantitative estimate of drug-likeness (QED) is 0.779. The van der Waals surface area contributed by atoms with Crippen LogP contribution in [0.1, 0.15) is 23.7 Å². The molecule has 0 saturated carbocycles. The first-order valence-corrected chi connectivity index (χ1v) is 6.61. The molecule has 1 amide bonds. The minimum absolute atomic E-state index is 0.0271. The van der Waals surface area contributed by atoms with Crippen LogP contribution in [0.2, 0.25) is 0 Å². The van der Waals surface area contributed by atoms with Crippen LogP contribution < -0.4 is 0 Å². The highest BCUT2D eigenvalue weighted by molar-refractivity contribution is 9.10. The Balaban J connectivity index is 2.66. The van der Waals surface area contributed by atoms with Gasteiger partial charge in [0.25, 0.3) is 5.91 Å². The fourth-order valence-electron chi connectivity index (χ4n) is 1.46. The molecule has 0 aliphatic heterocycles. The third-order valence-corrected chi connectivity index (χ3v) is 2.96. The molecule has 1 aromatic carbocycles. The fourth-order valence-corrected chi connectivity index (χ4v) is 1.82. The van der Waals surface area contributed by atoms with Crippen LogP contribution in [0.25, 0.3) is 0 Å². The van der Waals surface area contributed by atoms with Crippen LogP contribution >= 0.6 is 15.9 Å². The summed E-state index contributed by atoms with van der Waals surface area (Å²) in [6.45, 7) is 2.20. The predicted octanol–water partition coefficient (Wildman–Crippen LogP) is 2.61. The molecular weight excluding hydrogens is 317 g/mol. The number of esters is 1. The maximum Gasteiger partial charge on any atom is 0.307 e. The van der Waals surface area contributed by atoms with Crippen LogP contribution in [0, 0.1) is 5.82 Å². The van der Waals surface area contributed by atoms with Crippen LogP contribution in [-0.2, 0) is 9.53 Å². The van der Waals surface area contributed by atoms with Gasteiger partial charge in [-0.05, 0) is 25.1 Å².